The van der Waals surface area contributed by atoms with Crippen molar-refractivity contribution in [2.75, 3.05) is 25.0 Å². The quantitative estimate of drug-likeness (QED) is 0.181. The molecule has 12 nitrogen and oxygen atoms in total. The highest BCUT2D eigenvalue weighted by Gasteiger charge is 2.36. The third kappa shape index (κ3) is 6.66. The average molecular weight is 784 g/mol. The number of imidazole rings is 1. The van der Waals surface area contributed by atoms with E-state index < -0.39 is 29.7 Å². The number of pyridine rings is 1. The lowest BCUT2D eigenvalue weighted by atomic mass is 9.79. The molecule has 1 atom stereocenters. The molecule has 5 aromatic rings. The maximum Gasteiger partial charge on any atom is 0.433 e. The fraction of sp³-hybridized carbons (Fsp3) is 0.405. The van der Waals surface area contributed by atoms with E-state index in [2.05, 4.69) is 20.5 Å². The molecule has 282 valence electrons. The zero-order chi connectivity index (χ0) is 38.1. The summed E-state index contributed by atoms with van der Waals surface area (Å²) in [5, 5.41) is 11.2. The Morgan fingerprint density at radius 2 is 1.78 bits per heavy atom. The van der Waals surface area contributed by atoms with E-state index in [0.29, 0.717) is 22.0 Å². The topological polar surface area (TPSA) is 136 Å². The number of nitrogens with zero attached hydrogens (tertiary/aromatic N) is 6. The number of piperidine rings is 2. The van der Waals surface area contributed by atoms with Crippen LogP contribution in [-0.2, 0) is 22.8 Å². The normalized spacial score (nSPS) is 21.4. The maximum absolute atomic E-state index is 13.5. The van der Waals surface area contributed by atoms with E-state index in [1.807, 2.05) is 10.9 Å². The largest absolute Gasteiger partial charge is 0.433 e. The number of amides is 3. The standard InChI is InChI=1S/C37H35Cl2F3N8O4/c1-47-33-28(50(36(47)54)29-7-8-31(51)45-35(29)53)6-5-23(38)32(33)20-9-11-48(12-10-20)17-19-13-22(14-19)49-18-21-15-27(24(39)16-26(21)46-49)44-34(52)25-3-2-4-30(43-25)37(40,41)42/h2-6,15-16,18-20,22,29H,7-14,17H2,1H3,(H,44,52)(H,45,51,53)/t19-,22-,29?. The minimum absolute atomic E-state index is 0.133. The van der Waals surface area contributed by atoms with Gasteiger partial charge in [0.1, 0.15) is 17.4 Å². The number of benzene rings is 2. The van der Waals surface area contributed by atoms with Gasteiger partial charge >= 0.3 is 11.9 Å². The summed E-state index contributed by atoms with van der Waals surface area (Å²) < 4.78 is 44.3. The monoisotopic (exact) mass is 782 g/mol. The molecule has 3 amide bonds. The van der Waals surface area contributed by atoms with Crippen LogP contribution in [-0.4, -0.2) is 66.2 Å². The van der Waals surface area contributed by atoms with Crippen molar-refractivity contribution in [2.45, 2.75) is 62.7 Å². The predicted octanol–water partition coefficient (Wildman–Crippen LogP) is 6.47. The summed E-state index contributed by atoms with van der Waals surface area (Å²) in [6.07, 6.45) is 1.25. The molecule has 5 heterocycles. The number of hydrogen-bond donors (Lipinski definition) is 2. The van der Waals surface area contributed by atoms with Gasteiger partial charge < -0.3 is 10.2 Å². The van der Waals surface area contributed by atoms with Crippen molar-refractivity contribution in [3.63, 3.8) is 0 Å². The molecular weight excluding hydrogens is 748 g/mol. The van der Waals surface area contributed by atoms with Crippen LogP contribution in [0.3, 0.4) is 0 Å². The van der Waals surface area contributed by atoms with Gasteiger partial charge in [0.25, 0.3) is 5.91 Å². The molecule has 1 aliphatic carbocycles. The summed E-state index contributed by atoms with van der Waals surface area (Å²) in [6.45, 7) is 2.68. The van der Waals surface area contributed by atoms with Gasteiger partial charge in [0, 0.05) is 36.6 Å². The van der Waals surface area contributed by atoms with Gasteiger partial charge in [0.2, 0.25) is 11.8 Å². The first-order valence-corrected chi connectivity index (χ1v) is 18.5. The highest BCUT2D eigenvalue weighted by Crippen LogP contribution is 2.42. The van der Waals surface area contributed by atoms with Gasteiger partial charge in [-0.3, -0.25) is 33.5 Å². The van der Waals surface area contributed by atoms with Gasteiger partial charge in [0.05, 0.1) is 33.3 Å². The molecule has 2 saturated heterocycles. The Morgan fingerprint density at radius 1 is 1.02 bits per heavy atom. The van der Waals surface area contributed by atoms with Crippen LogP contribution in [0.1, 0.15) is 78.3 Å². The number of rotatable bonds is 7. The van der Waals surface area contributed by atoms with E-state index in [9.17, 15) is 32.3 Å². The van der Waals surface area contributed by atoms with Gasteiger partial charge in [0.15, 0.2) is 0 Å². The predicted molar refractivity (Wildman–Crippen MR) is 196 cm³/mol. The number of halogens is 5. The SMILES string of the molecule is Cn1c(=O)n(C2CCC(=O)NC2=O)c2ccc(Cl)c(C3CCN(C[C@H]4C[C@H](n5cc6cc(NC(=O)c7cccc(C(F)(F)F)n7)c(Cl)cc6n5)C4)CC3)c21. The molecule has 3 fully saturated rings. The lowest BCUT2D eigenvalue weighted by Gasteiger charge is -2.41. The van der Waals surface area contributed by atoms with Gasteiger partial charge in [-0.25, -0.2) is 9.78 Å². The summed E-state index contributed by atoms with van der Waals surface area (Å²) >= 11 is 13.2. The number of aromatic nitrogens is 5. The molecule has 1 saturated carbocycles. The van der Waals surface area contributed by atoms with Crippen molar-refractivity contribution < 1.29 is 27.6 Å². The number of imide groups is 1. The van der Waals surface area contributed by atoms with E-state index >= 15 is 0 Å². The first kappa shape index (κ1) is 36.3. The molecular formula is C37H35Cl2F3N8O4. The molecule has 8 rings (SSSR count). The number of alkyl halides is 3. The van der Waals surface area contributed by atoms with Crippen LogP contribution in [0.5, 0.6) is 0 Å². The van der Waals surface area contributed by atoms with Gasteiger partial charge in [-0.1, -0.05) is 29.3 Å². The molecule has 2 aliphatic heterocycles. The first-order chi connectivity index (χ1) is 25.7. The zero-order valence-corrected chi connectivity index (χ0v) is 30.5. The number of fused-ring (bicyclic) bond motifs is 2. The summed E-state index contributed by atoms with van der Waals surface area (Å²) in [4.78, 5) is 56.6. The molecule has 2 aromatic carbocycles. The molecule has 1 unspecified atom stereocenters. The Bertz CT molecular complexity index is 2390. The molecule has 17 heteroatoms. The van der Waals surface area contributed by atoms with Crippen molar-refractivity contribution in [1.82, 2.24) is 34.1 Å². The van der Waals surface area contributed by atoms with Crippen LogP contribution < -0.4 is 16.3 Å². The lowest BCUT2D eigenvalue weighted by molar-refractivity contribution is -0.141. The second-order valence-electron chi connectivity index (χ2n) is 14.4. The zero-order valence-electron chi connectivity index (χ0n) is 29.0. The highest BCUT2D eigenvalue weighted by atomic mass is 35.5. The van der Waals surface area contributed by atoms with Crippen LogP contribution in [0.2, 0.25) is 10.0 Å². The molecule has 2 N–H and O–H groups in total. The molecule has 0 spiro atoms. The Hall–Kier alpha value is -4.73. The number of likely N-dealkylation sites (tertiary alicyclic amines) is 1. The maximum atomic E-state index is 13.5. The summed E-state index contributed by atoms with van der Waals surface area (Å²) in [5.74, 6) is -1.00. The summed E-state index contributed by atoms with van der Waals surface area (Å²) in [5.41, 5.74) is 1.32. The lowest BCUT2D eigenvalue weighted by Crippen LogP contribution is -2.44. The van der Waals surface area contributed by atoms with Crippen molar-refractivity contribution in [2.24, 2.45) is 13.0 Å². The van der Waals surface area contributed by atoms with E-state index in [4.69, 9.17) is 28.3 Å². The second-order valence-corrected chi connectivity index (χ2v) is 15.2. The van der Waals surface area contributed by atoms with Crippen molar-refractivity contribution in [3.05, 3.63) is 86.1 Å². The number of nitrogens with one attached hydrogen (secondary N) is 2. The van der Waals surface area contributed by atoms with E-state index in [1.165, 1.54) is 10.6 Å². The Morgan fingerprint density at radius 3 is 2.50 bits per heavy atom. The van der Waals surface area contributed by atoms with Crippen LogP contribution >= 0.6 is 23.2 Å². The third-order valence-corrected chi connectivity index (χ3v) is 11.6. The van der Waals surface area contributed by atoms with Crippen LogP contribution in [0.15, 0.2) is 53.5 Å². The number of aryl methyl sites for hydroxylation is 1. The Kier molecular flexibility index (Phi) is 9.29. The molecule has 0 radical (unpaired) electrons. The van der Waals surface area contributed by atoms with Crippen LogP contribution in [0, 0.1) is 5.92 Å². The van der Waals surface area contributed by atoms with Crippen molar-refractivity contribution in [3.8, 4) is 0 Å². The van der Waals surface area contributed by atoms with Gasteiger partial charge in [-0.2, -0.15) is 18.3 Å². The minimum Gasteiger partial charge on any atom is -0.319 e. The van der Waals surface area contributed by atoms with E-state index in [0.717, 1.165) is 73.9 Å². The average Bonchev–Trinajstić information content (AvgIpc) is 3.63. The smallest absolute Gasteiger partial charge is 0.319 e. The number of carbonyl (C=O) groups excluding carboxylic acids is 3. The Labute approximate surface area is 316 Å². The number of anilines is 1. The second kappa shape index (κ2) is 13.8. The first-order valence-electron chi connectivity index (χ1n) is 17.7. The molecule has 54 heavy (non-hydrogen) atoms. The highest BCUT2D eigenvalue weighted by molar-refractivity contribution is 6.34. The van der Waals surface area contributed by atoms with Crippen molar-refractivity contribution >= 4 is 68.5 Å². The van der Waals surface area contributed by atoms with E-state index in [1.54, 1.807) is 35.9 Å². The van der Waals surface area contributed by atoms with Crippen LogP contribution in [0.4, 0.5) is 18.9 Å². The Balaban J connectivity index is 0.890. The van der Waals surface area contributed by atoms with Gasteiger partial charge in [-0.05, 0) is 99.0 Å². The van der Waals surface area contributed by atoms with Crippen molar-refractivity contribution in [1.29, 1.82) is 0 Å². The molecule has 3 aromatic heterocycles. The fourth-order valence-corrected chi connectivity index (χ4v) is 8.70. The summed E-state index contributed by atoms with van der Waals surface area (Å²) in [6, 6.07) is 9.42. The molecule has 0 bridgehead atoms. The number of hydrogen-bond acceptors (Lipinski definition) is 7. The van der Waals surface area contributed by atoms with E-state index in [-0.39, 0.29) is 52.8 Å². The molecule has 3 aliphatic rings. The third-order valence-electron chi connectivity index (χ3n) is 11.0. The number of carbonyl (C=O) groups is 3. The minimum atomic E-state index is -4.68. The fourth-order valence-electron chi connectivity index (χ4n) is 8.19. The van der Waals surface area contributed by atoms with Gasteiger partial charge in [-0.15, -0.1) is 0 Å². The summed E-state index contributed by atoms with van der Waals surface area (Å²) in [7, 11) is 1.70. The van der Waals surface area contributed by atoms with Crippen LogP contribution in [0.25, 0.3) is 21.9 Å².